The third kappa shape index (κ3) is 5.36. The Bertz CT molecular complexity index is 3610. The number of hydrogen-bond acceptors (Lipinski definition) is 3. The second-order valence-corrected chi connectivity index (χ2v) is 15.2. The van der Waals surface area contributed by atoms with Crippen molar-refractivity contribution in [2.24, 2.45) is 0 Å². The van der Waals surface area contributed by atoms with Crippen molar-refractivity contribution < 1.29 is 4.42 Å². The van der Waals surface area contributed by atoms with E-state index in [2.05, 4.69) is 176 Å². The molecule has 0 fully saturated rings. The molecule has 12 aromatic rings. The highest BCUT2D eigenvalue weighted by molar-refractivity contribution is 6.29. The van der Waals surface area contributed by atoms with Gasteiger partial charge in [0.1, 0.15) is 11.2 Å². The van der Waals surface area contributed by atoms with Gasteiger partial charge >= 0.3 is 0 Å². The topological polar surface area (TPSA) is 38.9 Å². The van der Waals surface area contributed by atoms with Crippen molar-refractivity contribution in [2.45, 2.75) is 0 Å². The van der Waals surface area contributed by atoms with Gasteiger partial charge in [-0.15, -0.1) is 0 Å². The minimum absolute atomic E-state index is 0.684. The summed E-state index contributed by atoms with van der Waals surface area (Å²) in [6.07, 6.45) is 0. The summed E-state index contributed by atoms with van der Waals surface area (Å²) < 4.78 is 6.20. The summed E-state index contributed by atoms with van der Waals surface area (Å²) in [4.78, 5) is 10.5. The normalized spacial score (nSPS) is 11.7. The maximum atomic E-state index is 6.20. The van der Waals surface area contributed by atoms with Gasteiger partial charge in [0.05, 0.1) is 11.4 Å². The van der Waals surface area contributed by atoms with Gasteiger partial charge in [-0.25, -0.2) is 9.97 Å². The molecule has 0 aliphatic carbocycles. The van der Waals surface area contributed by atoms with E-state index in [0.717, 1.165) is 55.4 Å². The number of benzene rings is 10. The van der Waals surface area contributed by atoms with Crippen molar-refractivity contribution in [3.05, 3.63) is 206 Å². The van der Waals surface area contributed by atoms with E-state index in [1.54, 1.807) is 0 Å². The van der Waals surface area contributed by atoms with Crippen molar-refractivity contribution >= 4 is 65.0 Å². The first-order valence-corrected chi connectivity index (χ1v) is 20.1. The predicted octanol–water partition coefficient (Wildman–Crippen LogP) is 15.3. The van der Waals surface area contributed by atoms with Gasteiger partial charge in [-0.1, -0.05) is 176 Å². The Hall–Kier alpha value is -7.88. The van der Waals surface area contributed by atoms with E-state index in [9.17, 15) is 0 Å². The highest BCUT2D eigenvalue weighted by Crippen LogP contribution is 2.48. The van der Waals surface area contributed by atoms with Crippen molar-refractivity contribution in [3.63, 3.8) is 0 Å². The summed E-state index contributed by atoms with van der Waals surface area (Å²) in [5.41, 5.74) is 11.4. The Morgan fingerprint density at radius 3 is 1.66 bits per heavy atom. The van der Waals surface area contributed by atoms with Crippen LogP contribution in [0.4, 0.5) is 0 Å². The van der Waals surface area contributed by atoms with Crippen LogP contribution in [0.15, 0.2) is 211 Å². The second-order valence-electron chi connectivity index (χ2n) is 15.2. The molecule has 10 aromatic carbocycles. The average molecular weight is 751 g/mol. The summed E-state index contributed by atoms with van der Waals surface area (Å²) in [5.74, 6) is 0.684. The van der Waals surface area contributed by atoms with Crippen LogP contribution in [0.3, 0.4) is 0 Å². The molecular weight excluding hydrogens is 717 g/mol. The molecule has 0 atom stereocenters. The molecule has 2 heterocycles. The summed E-state index contributed by atoms with van der Waals surface area (Å²) >= 11 is 0. The molecule has 0 spiro atoms. The molecule has 0 aliphatic heterocycles. The van der Waals surface area contributed by atoms with Gasteiger partial charge in [0.2, 0.25) is 0 Å². The third-order valence-electron chi connectivity index (χ3n) is 11.9. The fourth-order valence-electron chi connectivity index (χ4n) is 9.22. The zero-order valence-corrected chi connectivity index (χ0v) is 31.9. The lowest BCUT2D eigenvalue weighted by molar-refractivity contribution is 0.669. The fraction of sp³-hybridized carbons (Fsp3) is 0. The minimum Gasteiger partial charge on any atom is -0.456 e. The van der Waals surface area contributed by atoms with Crippen LogP contribution in [0.1, 0.15) is 0 Å². The van der Waals surface area contributed by atoms with E-state index in [0.29, 0.717) is 5.82 Å². The van der Waals surface area contributed by atoms with Crippen LogP contribution >= 0.6 is 0 Å². The molecule has 0 N–H and O–H groups in total. The number of fused-ring (bicyclic) bond motifs is 8. The molecule has 59 heavy (non-hydrogen) atoms. The van der Waals surface area contributed by atoms with Gasteiger partial charge in [-0.05, 0) is 95.7 Å². The zero-order chi connectivity index (χ0) is 38.9. The smallest absolute Gasteiger partial charge is 0.160 e. The van der Waals surface area contributed by atoms with E-state index in [-0.39, 0.29) is 0 Å². The van der Waals surface area contributed by atoms with E-state index in [1.807, 2.05) is 30.3 Å². The number of nitrogens with zero attached hydrogens (tertiary/aromatic N) is 2. The highest BCUT2D eigenvalue weighted by Gasteiger charge is 2.22. The Morgan fingerprint density at radius 2 is 0.881 bits per heavy atom. The largest absolute Gasteiger partial charge is 0.456 e. The molecule has 3 nitrogen and oxygen atoms in total. The minimum atomic E-state index is 0.684. The van der Waals surface area contributed by atoms with Crippen LogP contribution in [0.2, 0.25) is 0 Å². The summed E-state index contributed by atoms with van der Waals surface area (Å²) in [6.45, 7) is 0. The number of furan rings is 1. The van der Waals surface area contributed by atoms with Crippen LogP contribution in [-0.4, -0.2) is 9.97 Å². The van der Waals surface area contributed by atoms with Crippen molar-refractivity contribution in [2.75, 3.05) is 0 Å². The summed E-state index contributed by atoms with van der Waals surface area (Å²) in [6, 6.07) is 73.5. The van der Waals surface area contributed by atoms with Crippen LogP contribution in [-0.2, 0) is 0 Å². The molecule has 3 heteroatoms. The molecule has 12 rings (SSSR count). The molecule has 0 aliphatic rings. The Morgan fingerprint density at radius 1 is 0.305 bits per heavy atom. The highest BCUT2D eigenvalue weighted by atomic mass is 16.3. The van der Waals surface area contributed by atoms with Crippen LogP contribution in [0, 0.1) is 0 Å². The first kappa shape index (κ1) is 33.3. The maximum absolute atomic E-state index is 6.20. The van der Waals surface area contributed by atoms with E-state index >= 15 is 0 Å². The van der Waals surface area contributed by atoms with E-state index < -0.39 is 0 Å². The molecule has 0 radical (unpaired) electrons. The molecule has 0 saturated heterocycles. The molecular formula is C56H34N2O. The molecule has 274 valence electrons. The quantitative estimate of drug-likeness (QED) is 0.130. The maximum Gasteiger partial charge on any atom is 0.160 e. The van der Waals surface area contributed by atoms with Gasteiger partial charge < -0.3 is 4.42 Å². The molecule has 2 aromatic heterocycles. The van der Waals surface area contributed by atoms with Gasteiger partial charge in [0.25, 0.3) is 0 Å². The Labute approximate surface area is 340 Å². The lowest BCUT2D eigenvalue weighted by Gasteiger charge is -2.21. The van der Waals surface area contributed by atoms with E-state index in [4.69, 9.17) is 14.4 Å². The van der Waals surface area contributed by atoms with Gasteiger partial charge in [-0.3, -0.25) is 0 Å². The summed E-state index contributed by atoms with van der Waals surface area (Å²) in [7, 11) is 0. The lowest BCUT2D eigenvalue weighted by Crippen LogP contribution is -1.97. The third-order valence-corrected chi connectivity index (χ3v) is 11.9. The predicted molar refractivity (Wildman–Crippen MR) is 247 cm³/mol. The number of rotatable bonds is 5. The van der Waals surface area contributed by atoms with Crippen molar-refractivity contribution in [1.82, 2.24) is 9.97 Å². The Kier molecular flexibility index (Phi) is 7.54. The zero-order valence-electron chi connectivity index (χ0n) is 31.9. The number of para-hydroxylation sites is 1. The van der Waals surface area contributed by atoms with Gasteiger partial charge in [0, 0.05) is 27.5 Å². The second kappa shape index (κ2) is 13.4. The number of hydrogen-bond donors (Lipinski definition) is 0. The van der Waals surface area contributed by atoms with Crippen molar-refractivity contribution in [1.29, 1.82) is 0 Å². The molecule has 0 unspecified atom stereocenters. The first-order chi connectivity index (χ1) is 29.3. The van der Waals surface area contributed by atoms with Crippen LogP contribution in [0.5, 0.6) is 0 Å². The first-order valence-electron chi connectivity index (χ1n) is 20.1. The van der Waals surface area contributed by atoms with Gasteiger partial charge in [0.15, 0.2) is 5.82 Å². The van der Waals surface area contributed by atoms with Gasteiger partial charge in [-0.2, -0.15) is 0 Å². The molecule has 0 saturated carbocycles. The standard InChI is InChI=1S/C56H34N2O/c1-3-16-36(17-4-1)53-44-24-11-12-25-45(44)55(54-39-20-8-7-15-35(39)27-29-47(53)54)46-31-30-42(40-21-9-10-22-41(40)46)50-34-49(57-56(58-50)37-18-5-2-6-19-37)38-28-32-52-48(33-38)43-23-13-14-26-51(43)59-52/h1-34H. The van der Waals surface area contributed by atoms with Crippen molar-refractivity contribution in [3.8, 4) is 56.2 Å². The lowest BCUT2D eigenvalue weighted by atomic mass is 9.82. The molecule has 0 bridgehead atoms. The average Bonchev–Trinajstić information content (AvgIpc) is 3.69. The molecule has 0 amide bonds. The van der Waals surface area contributed by atoms with E-state index in [1.165, 1.54) is 60.0 Å². The van der Waals surface area contributed by atoms with Crippen LogP contribution < -0.4 is 0 Å². The Balaban J connectivity index is 1.13. The monoisotopic (exact) mass is 750 g/mol. The summed E-state index contributed by atoms with van der Waals surface area (Å²) in [5, 5.41) is 11.9. The van der Waals surface area contributed by atoms with Crippen LogP contribution in [0.25, 0.3) is 121 Å². The number of aromatic nitrogens is 2. The fourth-order valence-corrected chi connectivity index (χ4v) is 9.22. The SMILES string of the molecule is c1ccc(-c2nc(-c3ccc4oc5ccccc5c4c3)cc(-c3ccc(-c4c5ccccc5c(-c5ccccc5)c5ccc6ccccc6c45)c4ccccc34)n2)cc1.